The van der Waals surface area contributed by atoms with Crippen molar-refractivity contribution in [1.29, 1.82) is 0 Å². The van der Waals surface area contributed by atoms with Crippen LogP contribution in [-0.4, -0.2) is 24.3 Å². The van der Waals surface area contributed by atoms with E-state index in [-0.39, 0.29) is 5.56 Å². The van der Waals surface area contributed by atoms with E-state index in [1.165, 1.54) is 12.3 Å². The smallest absolute Gasteiger partial charge is 0.346 e. The summed E-state index contributed by atoms with van der Waals surface area (Å²) in [7, 11) is -4.53. The van der Waals surface area contributed by atoms with Crippen LogP contribution in [-0.2, 0) is 16.2 Å². The molecule has 2 aromatic carbocycles. The number of benzene rings is 2. The maximum atomic E-state index is 14.9. The molecule has 0 unspecified atom stereocenters. The molecule has 13 heteroatoms. The highest BCUT2D eigenvalue weighted by Gasteiger charge is 2.31. The number of rotatable bonds is 5. The van der Waals surface area contributed by atoms with E-state index in [0.29, 0.717) is 35.3 Å². The molecule has 2 heterocycles. The predicted molar refractivity (Wildman–Crippen MR) is 113 cm³/mol. The minimum absolute atomic E-state index is 0.0124. The molecule has 0 saturated carbocycles. The molecule has 0 aliphatic heterocycles. The van der Waals surface area contributed by atoms with Gasteiger partial charge in [-0.1, -0.05) is 0 Å². The number of anilines is 2. The van der Waals surface area contributed by atoms with Gasteiger partial charge in [0.2, 0.25) is 0 Å². The van der Waals surface area contributed by atoms with Crippen molar-refractivity contribution in [1.82, 2.24) is 9.97 Å². The zero-order valence-electron chi connectivity index (χ0n) is 16.7. The summed E-state index contributed by atoms with van der Waals surface area (Å²) in [4.78, 5) is 18.7. The lowest BCUT2D eigenvalue weighted by Crippen LogP contribution is -2.18. The summed E-state index contributed by atoms with van der Waals surface area (Å²) in [5, 5.41) is 2.62. The second-order valence-electron chi connectivity index (χ2n) is 7.01. The molecular weight excluding hydrogens is 483 g/mol. The van der Waals surface area contributed by atoms with Crippen molar-refractivity contribution in [2.45, 2.75) is 11.1 Å². The number of carbonyl (C=O) groups is 1. The molecule has 7 nitrogen and oxygen atoms in total. The number of hydrogen-bond acceptors (Lipinski definition) is 4. The first kappa shape index (κ1) is 23.2. The molecule has 0 saturated heterocycles. The molecule has 0 radical (unpaired) electrons. The summed E-state index contributed by atoms with van der Waals surface area (Å²) in [6.07, 6.45) is -1.90. The van der Waals surface area contributed by atoms with E-state index in [2.05, 4.69) is 9.97 Å². The van der Waals surface area contributed by atoms with Gasteiger partial charge in [0, 0.05) is 17.8 Å². The molecule has 4 rings (SSSR count). The van der Waals surface area contributed by atoms with Crippen molar-refractivity contribution >= 4 is 38.3 Å². The number of nitrogens with one attached hydrogen (secondary N) is 3. The Balaban J connectivity index is 1.60. The van der Waals surface area contributed by atoms with Crippen LogP contribution >= 0.6 is 0 Å². The Morgan fingerprint density at radius 3 is 2.38 bits per heavy atom. The van der Waals surface area contributed by atoms with Crippen molar-refractivity contribution in [3.05, 3.63) is 83.7 Å². The Hall–Kier alpha value is -4.00. The highest BCUT2D eigenvalue weighted by atomic mass is 32.2. The van der Waals surface area contributed by atoms with E-state index in [0.717, 1.165) is 12.1 Å². The highest BCUT2D eigenvalue weighted by molar-refractivity contribution is 7.92. The van der Waals surface area contributed by atoms with Crippen LogP contribution in [0.25, 0.3) is 11.0 Å². The van der Waals surface area contributed by atoms with Crippen molar-refractivity contribution in [2.24, 2.45) is 0 Å². The number of pyridine rings is 1. The fraction of sp³-hybridized carbons (Fsp3) is 0.0476. The standard InChI is InChI=1S/C21H13F5N4O3S/c22-15-5-6-16(30-34(32,33)14-3-1-13(2-4-14)21(24,25)26)17(23)18(15)29-20(31)12-9-11-7-8-27-19(11)28-10-12/h1-10,30H,(H,27,28)(H,29,31). The topological polar surface area (TPSA) is 104 Å². The van der Waals surface area contributed by atoms with Gasteiger partial charge in [0.25, 0.3) is 15.9 Å². The first-order valence-electron chi connectivity index (χ1n) is 9.38. The van der Waals surface area contributed by atoms with Crippen LogP contribution in [0.3, 0.4) is 0 Å². The molecule has 1 amide bonds. The van der Waals surface area contributed by atoms with Crippen molar-refractivity contribution in [2.75, 3.05) is 10.0 Å². The zero-order chi connectivity index (χ0) is 24.7. The Labute approximate surface area is 188 Å². The number of halogens is 5. The number of amides is 1. The third-order valence-electron chi connectivity index (χ3n) is 4.73. The van der Waals surface area contributed by atoms with Crippen LogP contribution < -0.4 is 10.0 Å². The maximum absolute atomic E-state index is 14.9. The Bertz CT molecular complexity index is 1500. The molecule has 34 heavy (non-hydrogen) atoms. The van der Waals surface area contributed by atoms with Gasteiger partial charge in [-0.05, 0) is 48.5 Å². The third kappa shape index (κ3) is 4.55. The van der Waals surface area contributed by atoms with Crippen molar-refractivity contribution < 1.29 is 35.2 Å². The number of alkyl halides is 3. The van der Waals surface area contributed by atoms with Crippen molar-refractivity contribution in [3.8, 4) is 0 Å². The second-order valence-corrected chi connectivity index (χ2v) is 8.69. The van der Waals surface area contributed by atoms with Gasteiger partial charge in [-0.2, -0.15) is 13.2 Å². The van der Waals surface area contributed by atoms with Crippen LogP contribution in [0.15, 0.2) is 65.8 Å². The number of sulfonamides is 1. The number of H-pyrrole nitrogens is 1. The summed E-state index contributed by atoms with van der Waals surface area (Å²) in [6, 6.07) is 7.05. The van der Waals surface area contributed by atoms with Crippen molar-refractivity contribution in [3.63, 3.8) is 0 Å². The molecule has 4 aromatic rings. The number of hydrogen-bond donors (Lipinski definition) is 3. The molecule has 0 fully saturated rings. The van der Waals surface area contributed by atoms with Gasteiger partial charge in [0.1, 0.15) is 17.2 Å². The average molecular weight is 496 g/mol. The number of aromatic nitrogens is 2. The van der Waals surface area contributed by atoms with Gasteiger partial charge in [0.15, 0.2) is 5.82 Å². The van der Waals surface area contributed by atoms with E-state index in [1.807, 2.05) is 10.0 Å². The first-order chi connectivity index (χ1) is 16.0. The van der Waals surface area contributed by atoms with Gasteiger partial charge in [0.05, 0.1) is 21.7 Å². The van der Waals surface area contributed by atoms with E-state index in [4.69, 9.17) is 0 Å². The van der Waals surface area contributed by atoms with Gasteiger partial charge >= 0.3 is 6.18 Å². The number of aromatic amines is 1. The molecule has 3 N–H and O–H groups in total. The normalized spacial score (nSPS) is 12.0. The summed E-state index contributed by atoms with van der Waals surface area (Å²) in [6.45, 7) is 0. The minimum Gasteiger partial charge on any atom is -0.346 e. The van der Waals surface area contributed by atoms with Gasteiger partial charge < -0.3 is 10.3 Å². The zero-order valence-corrected chi connectivity index (χ0v) is 17.6. The number of fused-ring (bicyclic) bond motifs is 1. The third-order valence-corrected chi connectivity index (χ3v) is 6.11. The summed E-state index contributed by atoms with van der Waals surface area (Å²) in [5.41, 5.74) is -2.24. The molecule has 0 aliphatic carbocycles. The first-order valence-corrected chi connectivity index (χ1v) is 10.9. The lowest BCUT2D eigenvalue weighted by atomic mass is 10.2. The molecule has 0 spiro atoms. The van der Waals surface area contributed by atoms with Crippen LogP contribution in [0.2, 0.25) is 0 Å². The summed E-state index contributed by atoms with van der Waals surface area (Å²) >= 11 is 0. The monoisotopic (exact) mass is 496 g/mol. The van der Waals surface area contributed by atoms with Gasteiger partial charge in [-0.3, -0.25) is 9.52 Å². The maximum Gasteiger partial charge on any atom is 0.416 e. The SMILES string of the molecule is O=C(Nc1c(F)ccc(NS(=O)(=O)c2ccc(C(F)(F)F)cc2)c1F)c1cnc2[nH]ccc2c1. The van der Waals surface area contributed by atoms with Crippen LogP contribution in [0.1, 0.15) is 15.9 Å². The molecule has 176 valence electrons. The quantitative estimate of drug-likeness (QED) is 0.342. The number of nitrogens with zero attached hydrogens (tertiary/aromatic N) is 1. The molecule has 2 aromatic heterocycles. The molecule has 0 bridgehead atoms. The van der Waals surface area contributed by atoms with E-state index in [1.54, 1.807) is 12.3 Å². The summed E-state index contributed by atoms with van der Waals surface area (Å²) in [5.74, 6) is -3.52. The molecule has 0 aliphatic rings. The Kier molecular flexibility index (Phi) is 5.73. The van der Waals surface area contributed by atoms with Crippen LogP contribution in [0.5, 0.6) is 0 Å². The fourth-order valence-corrected chi connectivity index (χ4v) is 4.08. The fourth-order valence-electron chi connectivity index (χ4n) is 3.02. The van der Waals surface area contributed by atoms with E-state index >= 15 is 0 Å². The second kappa shape index (κ2) is 8.41. The van der Waals surface area contributed by atoms with Crippen LogP contribution in [0.4, 0.5) is 33.3 Å². The Morgan fingerprint density at radius 2 is 1.71 bits per heavy atom. The average Bonchev–Trinajstić information content (AvgIpc) is 3.26. The number of carbonyl (C=O) groups excluding carboxylic acids is 1. The Morgan fingerprint density at radius 1 is 1.00 bits per heavy atom. The highest BCUT2D eigenvalue weighted by Crippen LogP contribution is 2.31. The van der Waals surface area contributed by atoms with E-state index < -0.39 is 55.6 Å². The molecule has 0 atom stereocenters. The van der Waals surface area contributed by atoms with Gasteiger partial charge in [-0.15, -0.1) is 0 Å². The van der Waals surface area contributed by atoms with Crippen LogP contribution in [0, 0.1) is 11.6 Å². The lowest BCUT2D eigenvalue weighted by Gasteiger charge is -2.14. The van der Waals surface area contributed by atoms with E-state index in [9.17, 15) is 35.2 Å². The summed E-state index contributed by atoms with van der Waals surface area (Å²) < 4.78 is 94.1. The predicted octanol–water partition coefficient (Wildman–Crippen LogP) is 4.91. The largest absolute Gasteiger partial charge is 0.416 e. The van der Waals surface area contributed by atoms with Gasteiger partial charge in [-0.25, -0.2) is 22.2 Å². The minimum atomic E-state index is -4.67. The lowest BCUT2D eigenvalue weighted by molar-refractivity contribution is -0.137. The molecular formula is C21H13F5N4O3S.